The molecule has 0 aromatic heterocycles. The normalized spacial score (nSPS) is 17.8. The van der Waals surface area contributed by atoms with Gasteiger partial charge in [-0.25, -0.2) is 0 Å². The number of hydrogen-bond donors (Lipinski definition) is 4. The molecule has 0 aliphatic carbocycles. The number of nitrogens with one attached hydrogen (secondary N) is 2. The minimum Gasteiger partial charge on any atom is -0.392 e. The minimum absolute atomic E-state index is 0.285. The van der Waals surface area contributed by atoms with Gasteiger partial charge in [0.1, 0.15) is 0 Å². The molecule has 4 nitrogen and oxygen atoms in total. The first-order valence-electron chi connectivity index (χ1n) is 5.30. The van der Waals surface area contributed by atoms with Gasteiger partial charge in [-0.2, -0.15) is 0 Å². The Balaban J connectivity index is 3.23. The van der Waals surface area contributed by atoms with Gasteiger partial charge in [0.15, 0.2) is 0 Å². The van der Waals surface area contributed by atoms with E-state index < -0.39 is 0 Å². The van der Waals surface area contributed by atoms with Gasteiger partial charge < -0.3 is 20.8 Å². The summed E-state index contributed by atoms with van der Waals surface area (Å²) in [6.07, 6.45) is -0.569. The molecule has 0 radical (unpaired) electrons. The van der Waals surface area contributed by atoms with E-state index in [1.54, 1.807) is 13.8 Å². The molecule has 2 atom stereocenters. The maximum absolute atomic E-state index is 9.00. The third kappa shape index (κ3) is 9.92. The van der Waals surface area contributed by atoms with Gasteiger partial charge in [-0.05, 0) is 32.9 Å². The van der Waals surface area contributed by atoms with Crippen LogP contribution in [-0.4, -0.2) is 48.6 Å². The van der Waals surface area contributed by atoms with Crippen molar-refractivity contribution in [3.63, 3.8) is 0 Å². The lowest BCUT2D eigenvalue weighted by molar-refractivity contribution is 0.185. The second-order valence-electron chi connectivity index (χ2n) is 4.12. The Hall–Kier alpha value is -0.160. The third-order valence-corrected chi connectivity index (χ3v) is 1.87. The first-order chi connectivity index (χ1) is 6.52. The van der Waals surface area contributed by atoms with E-state index in [0.717, 1.165) is 13.1 Å². The molecule has 0 rings (SSSR count). The lowest BCUT2D eigenvalue weighted by atomic mass is 10.2. The zero-order valence-electron chi connectivity index (χ0n) is 9.45. The van der Waals surface area contributed by atoms with Crippen molar-refractivity contribution in [3.8, 4) is 0 Å². The quantitative estimate of drug-likeness (QED) is 0.433. The second kappa shape index (κ2) is 8.17. The summed E-state index contributed by atoms with van der Waals surface area (Å²) in [6, 6.07) is 0. The Morgan fingerprint density at radius 3 is 1.43 bits per heavy atom. The first-order valence-corrected chi connectivity index (χ1v) is 5.30. The van der Waals surface area contributed by atoms with Crippen LogP contribution in [0.1, 0.15) is 20.8 Å². The van der Waals surface area contributed by atoms with E-state index in [1.807, 2.05) is 0 Å². The molecule has 0 heterocycles. The topological polar surface area (TPSA) is 64.5 Å². The molecular formula is C10H24N2O2. The van der Waals surface area contributed by atoms with Crippen LogP contribution >= 0.6 is 0 Å². The molecule has 0 amide bonds. The molecule has 0 saturated carbocycles. The number of hydrogen-bond acceptors (Lipinski definition) is 4. The summed E-state index contributed by atoms with van der Waals surface area (Å²) in [5.41, 5.74) is 0. The Morgan fingerprint density at radius 2 is 1.14 bits per heavy atom. The summed E-state index contributed by atoms with van der Waals surface area (Å²) in [7, 11) is 0. The summed E-state index contributed by atoms with van der Waals surface area (Å²) in [6.45, 7) is 8.72. The second-order valence-corrected chi connectivity index (χ2v) is 4.12. The average Bonchev–Trinajstić information content (AvgIpc) is 2.02. The van der Waals surface area contributed by atoms with Crippen LogP contribution in [0.25, 0.3) is 0 Å². The van der Waals surface area contributed by atoms with Crippen LogP contribution < -0.4 is 10.6 Å². The van der Waals surface area contributed by atoms with E-state index in [1.165, 1.54) is 0 Å². The minimum atomic E-state index is -0.285. The standard InChI is InChI=1S/C10H24N2O2/c1-8(4-11-6-9(2)13)5-12-7-10(3)14/h8-14H,4-7H2,1-3H3. The van der Waals surface area contributed by atoms with E-state index in [0.29, 0.717) is 19.0 Å². The SMILES string of the molecule is CC(O)CNCC(C)CNCC(C)O. The van der Waals surface area contributed by atoms with E-state index in [-0.39, 0.29) is 12.2 Å². The molecule has 0 bridgehead atoms. The summed E-state index contributed by atoms with van der Waals surface area (Å²) in [5.74, 6) is 0.507. The van der Waals surface area contributed by atoms with Crippen LogP contribution in [0.2, 0.25) is 0 Å². The fourth-order valence-electron chi connectivity index (χ4n) is 1.15. The maximum Gasteiger partial charge on any atom is 0.0636 e. The Morgan fingerprint density at radius 1 is 0.786 bits per heavy atom. The van der Waals surface area contributed by atoms with Crippen molar-refractivity contribution in [2.45, 2.75) is 33.0 Å². The van der Waals surface area contributed by atoms with E-state index >= 15 is 0 Å². The molecule has 4 heteroatoms. The van der Waals surface area contributed by atoms with Crippen molar-refractivity contribution in [3.05, 3.63) is 0 Å². The van der Waals surface area contributed by atoms with E-state index in [9.17, 15) is 0 Å². The van der Waals surface area contributed by atoms with Crippen LogP contribution in [0.3, 0.4) is 0 Å². The van der Waals surface area contributed by atoms with Crippen molar-refractivity contribution in [2.75, 3.05) is 26.2 Å². The third-order valence-electron chi connectivity index (χ3n) is 1.87. The first kappa shape index (κ1) is 13.8. The van der Waals surface area contributed by atoms with E-state index in [4.69, 9.17) is 10.2 Å². The summed E-state index contributed by atoms with van der Waals surface area (Å²) in [5, 5.41) is 24.3. The highest BCUT2D eigenvalue weighted by atomic mass is 16.3. The number of aliphatic hydroxyl groups is 2. The Labute approximate surface area is 86.7 Å². The largest absolute Gasteiger partial charge is 0.392 e. The summed E-state index contributed by atoms with van der Waals surface area (Å²) in [4.78, 5) is 0. The molecule has 0 aromatic carbocycles. The zero-order valence-corrected chi connectivity index (χ0v) is 9.45. The van der Waals surface area contributed by atoms with Gasteiger partial charge in [-0.1, -0.05) is 6.92 Å². The van der Waals surface area contributed by atoms with Crippen molar-refractivity contribution in [1.29, 1.82) is 0 Å². The molecule has 0 spiro atoms. The molecule has 0 aliphatic heterocycles. The smallest absolute Gasteiger partial charge is 0.0636 e. The van der Waals surface area contributed by atoms with Crippen molar-refractivity contribution in [1.82, 2.24) is 10.6 Å². The molecule has 0 aromatic rings. The van der Waals surface area contributed by atoms with Crippen molar-refractivity contribution < 1.29 is 10.2 Å². The summed E-state index contributed by atoms with van der Waals surface area (Å²) < 4.78 is 0. The van der Waals surface area contributed by atoms with Crippen molar-refractivity contribution >= 4 is 0 Å². The van der Waals surface area contributed by atoms with Crippen LogP contribution in [0.5, 0.6) is 0 Å². The lowest BCUT2D eigenvalue weighted by Gasteiger charge is -2.15. The molecule has 0 fully saturated rings. The number of aliphatic hydroxyl groups excluding tert-OH is 2. The molecule has 14 heavy (non-hydrogen) atoms. The van der Waals surface area contributed by atoms with Gasteiger partial charge in [-0.3, -0.25) is 0 Å². The van der Waals surface area contributed by atoms with Crippen LogP contribution in [0, 0.1) is 5.92 Å². The van der Waals surface area contributed by atoms with Crippen LogP contribution in [0.15, 0.2) is 0 Å². The lowest BCUT2D eigenvalue weighted by Crippen LogP contribution is -2.35. The Kier molecular flexibility index (Phi) is 8.08. The molecule has 4 N–H and O–H groups in total. The van der Waals surface area contributed by atoms with E-state index in [2.05, 4.69) is 17.6 Å². The van der Waals surface area contributed by atoms with Crippen LogP contribution in [-0.2, 0) is 0 Å². The predicted octanol–water partition coefficient (Wildman–Crippen LogP) is -0.437. The zero-order chi connectivity index (χ0) is 11.0. The maximum atomic E-state index is 9.00. The number of rotatable bonds is 8. The highest BCUT2D eigenvalue weighted by molar-refractivity contribution is 4.63. The van der Waals surface area contributed by atoms with Gasteiger partial charge in [-0.15, -0.1) is 0 Å². The molecular weight excluding hydrogens is 180 g/mol. The highest BCUT2D eigenvalue weighted by Gasteiger charge is 2.02. The molecule has 0 aliphatic rings. The molecule has 86 valence electrons. The van der Waals surface area contributed by atoms with Crippen LogP contribution in [0.4, 0.5) is 0 Å². The molecule has 0 saturated heterocycles. The van der Waals surface area contributed by atoms with Gasteiger partial charge in [0.25, 0.3) is 0 Å². The molecule has 2 unspecified atom stereocenters. The van der Waals surface area contributed by atoms with Gasteiger partial charge >= 0.3 is 0 Å². The highest BCUT2D eigenvalue weighted by Crippen LogP contribution is 1.90. The van der Waals surface area contributed by atoms with Gasteiger partial charge in [0.05, 0.1) is 12.2 Å². The predicted molar refractivity (Wildman–Crippen MR) is 58.3 cm³/mol. The van der Waals surface area contributed by atoms with Gasteiger partial charge in [0, 0.05) is 13.1 Å². The Bertz CT molecular complexity index is 115. The monoisotopic (exact) mass is 204 g/mol. The average molecular weight is 204 g/mol. The van der Waals surface area contributed by atoms with Gasteiger partial charge in [0.2, 0.25) is 0 Å². The van der Waals surface area contributed by atoms with Crippen molar-refractivity contribution in [2.24, 2.45) is 5.92 Å². The fourth-order valence-corrected chi connectivity index (χ4v) is 1.15. The summed E-state index contributed by atoms with van der Waals surface area (Å²) >= 11 is 0. The fraction of sp³-hybridized carbons (Fsp3) is 1.00.